The number of aliphatic hydroxyl groups excluding tert-OH is 1. The van der Waals surface area contributed by atoms with Crippen LogP contribution in [0.15, 0.2) is 60.7 Å². The SMILES string of the molecule is CCN(CC)c1ccc(-c2cc(-c3ccc(C(=O)OC(C)C)cc3)ccc2OCCCO)cc1C(C)(C)C. The van der Waals surface area contributed by atoms with Crippen molar-refractivity contribution in [3.05, 3.63) is 71.8 Å². The Morgan fingerprint density at radius 1 is 0.895 bits per heavy atom. The number of esters is 1. The highest BCUT2D eigenvalue weighted by atomic mass is 16.5. The summed E-state index contributed by atoms with van der Waals surface area (Å²) in [6, 6.07) is 20.4. The second kappa shape index (κ2) is 13.0. The van der Waals surface area contributed by atoms with E-state index < -0.39 is 0 Å². The van der Waals surface area contributed by atoms with Gasteiger partial charge in [-0.1, -0.05) is 45.0 Å². The summed E-state index contributed by atoms with van der Waals surface area (Å²) >= 11 is 0. The van der Waals surface area contributed by atoms with E-state index in [2.05, 4.69) is 63.8 Å². The van der Waals surface area contributed by atoms with Crippen molar-refractivity contribution in [1.82, 2.24) is 0 Å². The number of rotatable bonds is 11. The van der Waals surface area contributed by atoms with Gasteiger partial charge in [-0.3, -0.25) is 0 Å². The Labute approximate surface area is 228 Å². The predicted molar refractivity (Wildman–Crippen MR) is 157 cm³/mol. The van der Waals surface area contributed by atoms with Crippen molar-refractivity contribution in [3.8, 4) is 28.0 Å². The van der Waals surface area contributed by atoms with Crippen LogP contribution in [0.3, 0.4) is 0 Å². The van der Waals surface area contributed by atoms with E-state index in [0.717, 1.165) is 41.1 Å². The maximum absolute atomic E-state index is 12.3. The molecule has 0 bridgehead atoms. The van der Waals surface area contributed by atoms with Gasteiger partial charge in [-0.2, -0.15) is 0 Å². The minimum Gasteiger partial charge on any atom is -0.493 e. The molecular formula is C33H43NO4. The van der Waals surface area contributed by atoms with Crippen LogP contribution in [-0.4, -0.2) is 43.5 Å². The summed E-state index contributed by atoms with van der Waals surface area (Å²) in [6.45, 7) is 17.2. The molecule has 5 nitrogen and oxygen atoms in total. The van der Waals surface area contributed by atoms with Crippen molar-refractivity contribution in [1.29, 1.82) is 0 Å². The van der Waals surface area contributed by atoms with Crippen LogP contribution >= 0.6 is 0 Å². The Balaban J connectivity index is 2.08. The monoisotopic (exact) mass is 517 g/mol. The van der Waals surface area contributed by atoms with Crippen LogP contribution in [0.1, 0.15) is 70.8 Å². The molecule has 5 heteroatoms. The molecule has 3 aromatic carbocycles. The molecule has 0 atom stereocenters. The van der Waals surface area contributed by atoms with Crippen LogP contribution in [-0.2, 0) is 10.2 Å². The number of anilines is 1. The number of nitrogens with zero attached hydrogens (tertiary/aromatic N) is 1. The molecule has 0 amide bonds. The molecule has 38 heavy (non-hydrogen) atoms. The molecule has 0 unspecified atom stereocenters. The van der Waals surface area contributed by atoms with Gasteiger partial charge in [0.05, 0.1) is 18.3 Å². The third-order valence-electron chi connectivity index (χ3n) is 6.56. The van der Waals surface area contributed by atoms with Gasteiger partial charge in [0.25, 0.3) is 0 Å². The highest BCUT2D eigenvalue weighted by Gasteiger charge is 2.22. The summed E-state index contributed by atoms with van der Waals surface area (Å²) in [6.07, 6.45) is 0.415. The number of carbonyl (C=O) groups is 1. The van der Waals surface area contributed by atoms with Crippen LogP contribution in [0, 0.1) is 0 Å². The predicted octanol–water partition coefficient (Wildman–Crippen LogP) is 7.49. The zero-order valence-electron chi connectivity index (χ0n) is 24.0. The molecule has 0 aliphatic carbocycles. The quantitative estimate of drug-likeness (QED) is 0.211. The Bertz CT molecular complexity index is 1200. The van der Waals surface area contributed by atoms with Crippen molar-refractivity contribution in [2.75, 3.05) is 31.2 Å². The topological polar surface area (TPSA) is 59.0 Å². The van der Waals surface area contributed by atoms with E-state index in [1.54, 1.807) is 0 Å². The Hall–Kier alpha value is -3.31. The highest BCUT2D eigenvalue weighted by molar-refractivity contribution is 5.90. The first-order chi connectivity index (χ1) is 18.1. The molecule has 3 aromatic rings. The van der Waals surface area contributed by atoms with Gasteiger partial charge in [0.15, 0.2) is 0 Å². The fraction of sp³-hybridized carbons (Fsp3) is 0.424. The minimum atomic E-state index is -0.317. The fourth-order valence-electron chi connectivity index (χ4n) is 4.53. The lowest BCUT2D eigenvalue weighted by Gasteiger charge is -2.31. The van der Waals surface area contributed by atoms with E-state index in [9.17, 15) is 9.90 Å². The van der Waals surface area contributed by atoms with Crippen LogP contribution in [0.4, 0.5) is 5.69 Å². The summed E-state index contributed by atoms with van der Waals surface area (Å²) < 4.78 is 11.4. The van der Waals surface area contributed by atoms with Crippen molar-refractivity contribution in [2.24, 2.45) is 0 Å². The number of hydrogen-bond acceptors (Lipinski definition) is 5. The van der Waals surface area contributed by atoms with Gasteiger partial charge in [-0.25, -0.2) is 4.79 Å². The maximum atomic E-state index is 12.3. The smallest absolute Gasteiger partial charge is 0.338 e. The average Bonchev–Trinajstić information content (AvgIpc) is 2.89. The number of hydrogen-bond donors (Lipinski definition) is 1. The largest absolute Gasteiger partial charge is 0.493 e. The minimum absolute atomic E-state index is 0.0378. The van der Waals surface area contributed by atoms with Gasteiger partial charge >= 0.3 is 5.97 Å². The molecule has 0 aliphatic rings. The van der Waals surface area contributed by atoms with E-state index in [4.69, 9.17) is 9.47 Å². The zero-order valence-corrected chi connectivity index (χ0v) is 24.0. The summed E-state index contributed by atoms with van der Waals surface area (Å²) in [5.41, 5.74) is 7.17. The Morgan fingerprint density at radius 3 is 2.11 bits per heavy atom. The Kier molecular flexibility index (Phi) is 9.98. The summed E-state index contributed by atoms with van der Waals surface area (Å²) in [5, 5.41) is 9.27. The molecule has 0 saturated heterocycles. The standard InChI is InChI=1S/C33H43NO4/c1-8-34(9-2)30-17-15-27(22-29(30)33(5,6)7)28-21-26(16-18-31(28)37-20-10-19-35)24-11-13-25(14-12-24)32(36)38-23(3)4/h11-18,21-23,35H,8-10,19-20H2,1-7H3. The lowest BCUT2D eigenvalue weighted by atomic mass is 9.83. The van der Waals surface area contributed by atoms with E-state index >= 15 is 0 Å². The number of benzene rings is 3. The summed E-state index contributed by atoms with van der Waals surface area (Å²) in [5.74, 6) is 0.470. The third-order valence-corrected chi connectivity index (χ3v) is 6.56. The van der Waals surface area contributed by atoms with E-state index in [1.165, 1.54) is 11.3 Å². The number of ether oxygens (including phenoxy) is 2. The van der Waals surface area contributed by atoms with Crippen LogP contribution in [0.2, 0.25) is 0 Å². The van der Waals surface area contributed by atoms with Crippen LogP contribution in [0.25, 0.3) is 22.3 Å². The molecule has 0 spiro atoms. The van der Waals surface area contributed by atoms with E-state index in [-0.39, 0.29) is 24.1 Å². The first-order valence-electron chi connectivity index (χ1n) is 13.7. The summed E-state index contributed by atoms with van der Waals surface area (Å²) in [4.78, 5) is 14.7. The van der Waals surface area contributed by atoms with E-state index in [1.807, 2.05) is 50.2 Å². The number of aliphatic hydroxyl groups is 1. The molecule has 0 aromatic heterocycles. The second-order valence-corrected chi connectivity index (χ2v) is 10.8. The van der Waals surface area contributed by atoms with Gasteiger partial charge in [0.1, 0.15) is 5.75 Å². The van der Waals surface area contributed by atoms with Gasteiger partial charge in [0, 0.05) is 37.4 Å². The lowest BCUT2D eigenvalue weighted by Crippen LogP contribution is -2.26. The van der Waals surface area contributed by atoms with Crippen molar-refractivity contribution in [2.45, 2.75) is 66.4 Å². The fourth-order valence-corrected chi connectivity index (χ4v) is 4.53. The lowest BCUT2D eigenvalue weighted by molar-refractivity contribution is 0.0378. The van der Waals surface area contributed by atoms with Crippen LogP contribution in [0.5, 0.6) is 5.75 Å². The molecule has 204 valence electrons. The molecule has 0 fully saturated rings. The summed E-state index contributed by atoms with van der Waals surface area (Å²) in [7, 11) is 0. The first-order valence-corrected chi connectivity index (χ1v) is 13.7. The van der Waals surface area contributed by atoms with Gasteiger partial charge in [-0.15, -0.1) is 0 Å². The first kappa shape index (κ1) is 29.2. The van der Waals surface area contributed by atoms with Crippen molar-refractivity contribution < 1.29 is 19.4 Å². The van der Waals surface area contributed by atoms with Crippen molar-refractivity contribution in [3.63, 3.8) is 0 Å². The number of carbonyl (C=O) groups excluding carboxylic acids is 1. The molecule has 3 rings (SSSR count). The zero-order chi connectivity index (χ0) is 27.9. The molecule has 0 heterocycles. The molecule has 0 aliphatic heterocycles. The van der Waals surface area contributed by atoms with Gasteiger partial charge in [-0.05, 0) is 91.8 Å². The van der Waals surface area contributed by atoms with Gasteiger partial charge in [0.2, 0.25) is 0 Å². The van der Waals surface area contributed by atoms with Crippen molar-refractivity contribution >= 4 is 11.7 Å². The van der Waals surface area contributed by atoms with Crippen LogP contribution < -0.4 is 9.64 Å². The van der Waals surface area contributed by atoms with E-state index in [0.29, 0.717) is 18.6 Å². The molecule has 1 N–H and O–H groups in total. The normalized spacial score (nSPS) is 11.5. The molecular weight excluding hydrogens is 474 g/mol. The average molecular weight is 518 g/mol. The maximum Gasteiger partial charge on any atom is 0.338 e. The Morgan fingerprint density at radius 2 is 1.53 bits per heavy atom. The molecule has 0 saturated carbocycles. The second-order valence-electron chi connectivity index (χ2n) is 10.8. The molecule has 0 radical (unpaired) electrons. The highest BCUT2D eigenvalue weighted by Crippen LogP contribution is 2.40. The van der Waals surface area contributed by atoms with Gasteiger partial charge < -0.3 is 19.5 Å². The third kappa shape index (κ3) is 7.16.